The molecule has 102 valence electrons. The second-order valence-corrected chi connectivity index (χ2v) is 4.59. The van der Waals surface area contributed by atoms with E-state index in [1.165, 1.54) is 18.4 Å². The highest BCUT2D eigenvalue weighted by atomic mass is 16.2. The van der Waals surface area contributed by atoms with Crippen LogP contribution in [0.2, 0.25) is 0 Å². The van der Waals surface area contributed by atoms with E-state index < -0.39 is 0 Å². The van der Waals surface area contributed by atoms with Gasteiger partial charge in [-0.25, -0.2) is 0 Å². The van der Waals surface area contributed by atoms with Gasteiger partial charge in [0.25, 0.3) is 0 Å². The molecule has 1 atom stereocenters. The van der Waals surface area contributed by atoms with E-state index in [-0.39, 0.29) is 18.5 Å². The highest BCUT2D eigenvalue weighted by Gasteiger charge is 2.11. The lowest BCUT2D eigenvalue weighted by molar-refractivity contribution is -0.121. The van der Waals surface area contributed by atoms with Gasteiger partial charge in [0.05, 0.1) is 6.54 Å². The molecule has 0 bridgehead atoms. The molecule has 0 aliphatic heterocycles. The van der Waals surface area contributed by atoms with E-state index in [0.717, 1.165) is 12.1 Å². The van der Waals surface area contributed by atoms with Crippen molar-refractivity contribution < 1.29 is 4.79 Å². The Morgan fingerprint density at radius 2 is 2.05 bits per heavy atom. The molecule has 1 aromatic rings. The van der Waals surface area contributed by atoms with Crippen molar-refractivity contribution >= 4 is 11.6 Å². The van der Waals surface area contributed by atoms with Gasteiger partial charge in [0.1, 0.15) is 6.04 Å². The van der Waals surface area contributed by atoms with E-state index in [2.05, 4.69) is 35.6 Å². The van der Waals surface area contributed by atoms with Gasteiger partial charge in [0.15, 0.2) is 0 Å². The smallest absolute Gasteiger partial charge is 0.242 e. The fourth-order valence-corrected chi connectivity index (χ4v) is 1.76. The van der Waals surface area contributed by atoms with Crippen molar-refractivity contribution in [2.45, 2.75) is 39.2 Å². The molecular formula is C16H22N2O. The Labute approximate surface area is 115 Å². The number of nitrogens with one attached hydrogen (secondary N) is 2. The molecule has 3 nitrogen and oxygen atoms in total. The first-order chi connectivity index (χ1) is 9.17. The van der Waals surface area contributed by atoms with E-state index in [1.54, 1.807) is 0 Å². The van der Waals surface area contributed by atoms with Gasteiger partial charge in [0.2, 0.25) is 5.91 Å². The predicted octanol–water partition coefficient (Wildman–Crippen LogP) is 2.58. The van der Waals surface area contributed by atoms with Gasteiger partial charge in [-0.1, -0.05) is 31.4 Å². The number of rotatable bonds is 7. The minimum Gasteiger partial charge on any atom is -0.374 e. The van der Waals surface area contributed by atoms with Crippen molar-refractivity contribution in [1.29, 1.82) is 0 Å². The average molecular weight is 258 g/mol. The molecule has 0 aliphatic carbocycles. The molecule has 0 saturated heterocycles. The summed E-state index contributed by atoms with van der Waals surface area (Å²) in [6, 6.07) is 7.93. The Bertz CT molecular complexity index is 431. The van der Waals surface area contributed by atoms with Crippen molar-refractivity contribution in [2.24, 2.45) is 0 Å². The number of benzene rings is 1. The van der Waals surface area contributed by atoms with Gasteiger partial charge < -0.3 is 10.6 Å². The van der Waals surface area contributed by atoms with Crippen LogP contribution in [0.4, 0.5) is 5.69 Å². The first-order valence-electron chi connectivity index (χ1n) is 6.74. The minimum atomic E-state index is -0.296. The predicted molar refractivity (Wildman–Crippen MR) is 80.0 cm³/mol. The van der Waals surface area contributed by atoms with Crippen LogP contribution in [0, 0.1) is 12.3 Å². The zero-order valence-electron chi connectivity index (χ0n) is 11.7. The van der Waals surface area contributed by atoms with Crippen molar-refractivity contribution in [3.05, 3.63) is 29.8 Å². The molecule has 2 N–H and O–H groups in total. The third kappa shape index (κ3) is 5.48. The quantitative estimate of drug-likeness (QED) is 0.738. The summed E-state index contributed by atoms with van der Waals surface area (Å²) in [6.45, 7) is 4.27. The second-order valence-electron chi connectivity index (χ2n) is 4.59. The summed E-state index contributed by atoms with van der Waals surface area (Å²) in [5, 5.41) is 5.81. The Balaban J connectivity index is 2.48. The van der Waals surface area contributed by atoms with Crippen molar-refractivity contribution in [1.82, 2.24) is 5.32 Å². The number of carbonyl (C=O) groups excluding carboxylic acids is 1. The van der Waals surface area contributed by atoms with Crippen LogP contribution in [0.15, 0.2) is 24.3 Å². The third-order valence-electron chi connectivity index (χ3n) is 2.91. The largest absolute Gasteiger partial charge is 0.374 e. The zero-order chi connectivity index (χ0) is 14.1. The van der Waals surface area contributed by atoms with Gasteiger partial charge in [0, 0.05) is 5.69 Å². The van der Waals surface area contributed by atoms with E-state index >= 15 is 0 Å². The Morgan fingerprint density at radius 1 is 1.37 bits per heavy atom. The third-order valence-corrected chi connectivity index (χ3v) is 2.91. The molecule has 0 radical (unpaired) electrons. The molecule has 0 aliphatic rings. The number of aryl methyl sites for hydroxylation is 1. The summed E-state index contributed by atoms with van der Waals surface area (Å²) < 4.78 is 0. The maximum Gasteiger partial charge on any atom is 0.242 e. The highest BCUT2D eigenvalue weighted by molar-refractivity contribution is 5.84. The molecule has 0 aromatic heterocycles. The van der Waals surface area contributed by atoms with Crippen LogP contribution in [-0.2, 0) is 11.2 Å². The maximum atomic E-state index is 11.6. The first kappa shape index (κ1) is 15.1. The van der Waals surface area contributed by atoms with Crippen molar-refractivity contribution in [3.8, 4) is 12.3 Å². The lowest BCUT2D eigenvalue weighted by Gasteiger charge is -2.14. The average Bonchev–Trinajstić information content (AvgIpc) is 2.43. The van der Waals surface area contributed by atoms with Gasteiger partial charge in [-0.05, 0) is 37.5 Å². The van der Waals surface area contributed by atoms with Crippen molar-refractivity contribution in [3.63, 3.8) is 0 Å². The molecule has 0 fully saturated rings. The summed E-state index contributed by atoms with van der Waals surface area (Å²) in [4.78, 5) is 11.6. The fraction of sp³-hybridized carbons (Fsp3) is 0.438. The Hall–Kier alpha value is -1.95. The number of terminal acetylenes is 1. The molecule has 1 rings (SSSR count). The maximum absolute atomic E-state index is 11.6. The van der Waals surface area contributed by atoms with Crippen molar-refractivity contribution in [2.75, 3.05) is 11.9 Å². The van der Waals surface area contributed by atoms with Gasteiger partial charge in [-0.15, -0.1) is 6.42 Å². The lowest BCUT2D eigenvalue weighted by atomic mass is 10.1. The number of hydrogen-bond donors (Lipinski definition) is 2. The molecule has 0 spiro atoms. The van der Waals surface area contributed by atoms with E-state index in [4.69, 9.17) is 6.42 Å². The van der Waals surface area contributed by atoms with Crippen LogP contribution in [0.25, 0.3) is 0 Å². The Kier molecular flexibility index (Phi) is 6.52. The van der Waals surface area contributed by atoms with E-state index in [9.17, 15) is 4.79 Å². The molecule has 0 heterocycles. The lowest BCUT2D eigenvalue weighted by Crippen LogP contribution is -2.37. The topological polar surface area (TPSA) is 41.1 Å². The van der Waals surface area contributed by atoms with Crippen LogP contribution < -0.4 is 10.6 Å². The number of carbonyl (C=O) groups is 1. The van der Waals surface area contributed by atoms with Crippen LogP contribution in [-0.4, -0.2) is 18.5 Å². The molecule has 1 amide bonds. The minimum absolute atomic E-state index is 0.0898. The number of amides is 1. The molecular weight excluding hydrogens is 236 g/mol. The van der Waals surface area contributed by atoms with Crippen LogP contribution >= 0.6 is 0 Å². The zero-order valence-corrected chi connectivity index (χ0v) is 11.7. The Morgan fingerprint density at radius 3 is 2.63 bits per heavy atom. The van der Waals surface area contributed by atoms with Gasteiger partial charge >= 0.3 is 0 Å². The summed E-state index contributed by atoms with van der Waals surface area (Å²) >= 11 is 0. The molecule has 1 unspecified atom stereocenters. The summed E-state index contributed by atoms with van der Waals surface area (Å²) in [5.41, 5.74) is 2.28. The molecule has 0 saturated carbocycles. The monoisotopic (exact) mass is 258 g/mol. The van der Waals surface area contributed by atoms with Crippen LogP contribution in [0.5, 0.6) is 0 Å². The standard InChI is InChI=1S/C16H22N2O/c1-4-6-7-14-8-10-15(11-9-14)18-13(3)16(19)17-12-5-2/h2,8-11,13,18H,4,6-7,12H2,1,3H3,(H,17,19). The summed E-state index contributed by atoms with van der Waals surface area (Å²) in [7, 11) is 0. The summed E-state index contributed by atoms with van der Waals surface area (Å²) in [5.74, 6) is 2.29. The normalized spacial score (nSPS) is 11.4. The van der Waals surface area contributed by atoms with Crippen LogP contribution in [0.3, 0.4) is 0 Å². The number of unbranched alkanes of at least 4 members (excludes halogenated alkanes) is 1. The van der Waals surface area contributed by atoms with E-state index in [1.807, 2.05) is 19.1 Å². The fourth-order valence-electron chi connectivity index (χ4n) is 1.76. The van der Waals surface area contributed by atoms with Crippen LogP contribution in [0.1, 0.15) is 32.3 Å². The molecule has 3 heteroatoms. The molecule has 19 heavy (non-hydrogen) atoms. The van der Waals surface area contributed by atoms with Gasteiger partial charge in [-0.3, -0.25) is 4.79 Å². The molecule has 1 aromatic carbocycles. The van der Waals surface area contributed by atoms with Gasteiger partial charge in [-0.2, -0.15) is 0 Å². The van der Waals surface area contributed by atoms with E-state index in [0.29, 0.717) is 0 Å². The first-order valence-corrected chi connectivity index (χ1v) is 6.74. The number of anilines is 1. The summed E-state index contributed by atoms with van der Waals surface area (Å²) in [6.07, 6.45) is 8.61. The number of hydrogen-bond acceptors (Lipinski definition) is 2. The SMILES string of the molecule is C#CCNC(=O)C(C)Nc1ccc(CCCC)cc1. The second kappa shape index (κ2) is 8.20. The highest BCUT2D eigenvalue weighted by Crippen LogP contribution is 2.12.